The molecule has 0 heteroatoms. The average molecular weight is 517 g/mol. The summed E-state index contributed by atoms with van der Waals surface area (Å²) in [4.78, 5) is 0. The first kappa shape index (κ1) is 31.6. The molecule has 0 aliphatic rings. The Morgan fingerprint density at radius 3 is 0.846 bits per heavy atom. The van der Waals surface area contributed by atoms with Gasteiger partial charge in [0.15, 0.2) is 0 Å². The summed E-state index contributed by atoms with van der Waals surface area (Å²) in [5, 5.41) is 0. The Morgan fingerprint density at radius 2 is 0.590 bits per heavy atom. The molecule has 0 aliphatic carbocycles. The van der Waals surface area contributed by atoms with Crippen molar-refractivity contribution in [3.05, 3.63) is 154 Å². The third kappa shape index (κ3) is 11.3. The van der Waals surface area contributed by atoms with Gasteiger partial charge in [0, 0.05) is 0 Å². The molecule has 0 aromatic heterocycles. The number of hydrogen-bond acceptors (Lipinski definition) is 0. The van der Waals surface area contributed by atoms with E-state index in [0.29, 0.717) is 0 Å². The van der Waals surface area contributed by atoms with Gasteiger partial charge in [0.25, 0.3) is 0 Å². The molecule has 4 aromatic carbocycles. The summed E-state index contributed by atoms with van der Waals surface area (Å²) in [6, 6.07) is 35.3. The SMILES string of the molecule is C.CCc1ccc(C=Cc2ccc(CC)cc2)cc1.CCc1ccc(CC=CCc2ccc(CC)cc2)cc1. The topological polar surface area (TPSA) is 0 Å². The smallest absolute Gasteiger partial charge is 0.00973 e. The zero-order valence-corrected chi connectivity index (χ0v) is 23.8. The number of hydrogen-bond donors (Lipinski definition) is 0. The van der Waals surface area contributed by atoms with Crippen molar-refractivity contribution in [2.75, 3.05) is 0 Å². The van der Waals surface area contributed by atoms with Crippen molar-refractivity contribution in [2.24, 2.45) is 0 Å². The van der Waals surface area contributed by atoms with E-state index in [0.717, 1.165) is 38.5 Å². The lowest BCUT2D eigenvalue weighted by Gasteiger charge is -2.00. The molecule has 0 atom stereocenters. The van der Waals surface area contributed by atoms with Crippen LogP contribution in [0.15, 0.2) is 109 Å². The Kier molecular flexibility index (Phi) is 14.4. The molecule has 0 unspecified atom stereocenters. The molecule has 0 heterocycles. The Hall–Kier alpha value is -3.64. The molecule has 0 spiro atoms. The second kappa shape index (κ2) is 17.8. The second-order valence-electron chi connectivity index (χ2n) is 9.74. The molecule has 4 rings (SSSR count). The highest BCUT2D eigenvalue weighted by Gasteiger charge is 1.94. The van der Waals surface area contributed by atoms with Crippen LogP contribution in [0.3, 0.4) is 0 Å². The largest absolute Gasteiger partial charge is 0.0838 e. The van der Waals surface area contributed by atoms with Gasteiger partial charge in [-0.2, -0.15) is 0 Å². The van der Waals surface area contributed by atoms with Crippen LogP contribution in [0.2, 0.25) is 0 Å². The van der Waals surface area contributed by atoms with E-state index < -0.39 is 0 Å². The van der Waals surface area contributed by atoms with Crippen LogP contribution in [0, 0.1) is 0 Å². The highest BCUT2D eigenvalue weighted by Crippen LogP contribution is 2.12. The van der Waals surface area contributed by atoms with Gasteiger partial charge in [-0.05, 0) is 83.0 Å². The van der Waals surface area contributed by atoms with E-state index >= 15 is 0 Å². The molecule has 0 bridgehead atoms. The van der Waals surface area contributed by atoms with Gasteiger partial charge in [0.2, 0.25) is 0 Å². The second-order valence-corrected chi connectivity index (χ2v) is 9.74. The van der Waals surface area contributed by atoms with Crippen molar-refractivity contribution in [2.45, 2.75) is 73.6 Å². The van der Waals surface area contributed by atoms with Crippen LogP contribution in [0.25, 0.3) is 12.2 Å². The molecule has 204 valence electrons. The van der Waals surface area contributed by atoms with Crippen molar-refractivity contribution in [1.82, 2.24) is 0 Å². The third-order valence-corrected chi connectivity index (χ3v) is 6.98. The first-order chi connectivity index (χ1) is 18.6. The van der Waals surface area contributed by atoms with Crippen molar-refractivity contribution >= 4 is 12.2 Å². The van der Waals surface area contributed by atoms with Crippen LogP contribution in [0.1, 0.15) is 79.6 Å². The van der Waals surface area contributed by atoms with Gasteiger partial charge >= 0.3 is 0 Å². The van der Waals surface area contributed by atoms with Crippen LogP contribution in [-0.2, 0) is 38.5 Å². The number of allylic oxidation sites excluding steroid dienone is 2. The molecule has 0 saturated heterocycles. The van der Waals surface area contributed by atoms with Crippen molar-refractivity contribution < 1.29 is 0 Å². The Balaban J connectivity index is 0.000000268. The molecule has 0 saturated carbocycles. The fourth-order valence-electron chi connectivity index (χ4n) is 4.18. The van der Waals surface area contributed by atoms with E-state index in [1.54, 1.807) is 0 Å². The Labute approximate surface area is 239 Å². The minimum atomic E-state index is 0. The van der Waals surface area contributed by atoms with Gasteiger partial charge in [-0.1, -0.05) is 156 Å². The summed E-state index contributed by atoms with van der Waals surface area (Å²) in [5.41, 5.74) is 10.9. The molecule has 0 aliphatic heterocycles. The first-order valence-electron chi connectivity index (χ1n) is 14.3. The number of benzene rings is 4. The first-order valence-corrected chi connectivity index (χ1v) is 14.3. The van der Waals surface area contributed by atoms with Crippen molar-refractivity contribution in [3.8, 4) is 0 Å². The van der Waals surface area contributed by atoms with E-state index in [4.69, 9.17) is 0 Å². The van der Waals surface area contributed by atoms with E-state index in [1.165, 1.54) is 44.5 Å². The summed E-state index contributed by atoms with van der Waals surface area (Å²) in [6.07, 6.45) is 15.4. The molecular formula is C39H48. The quantitative estimate of drug-likeness (QED) is 0.145. The molecule has 0 fully saturated rings. The zero-order chi connectivity index (χ0) is 27.0. The maximum Gasteiger partial charge on any atom is -0.00973 e. The maximum absolute atomic E-state index is 2.27. The number of rotatable bonds is 10. The van der Waals surface area contributed by atoms with Gasteiger partial charge in [0.05, 0.1) is 0 Å². The molecule has 0 radical (unpaired) electrons. The minimum Gasteiger partial charge on any atom is -0.0838 e. The Morgan fingerprint density at radius 1 is 0.359 bits per heavy atom. The summed E-state index contributed by atoms with van der Waals surface area (Å²) in [6.45, 7) is 8.75. The molecule has 0 nitrogen and oxygen atoms in total. The Bertz CT molecular complexity index is 1130. The average Bonchev–Trinajstić information content (AvgIpc) is 2.99. The lowest BCUT2D eigenvalue weighted by molar-refractivity contribution is 1.12. The predicted molar refractivity (Wildman–Crippen MR) is 175 cm³/mol. The van der Waals surface area contributed by atoms with E-state index in [9.17, 15) is 0 Å². The van der Waals surface area contributed by atoms with E-state index in [2.05, 4.69) is 149 Å². The lowest BCUT2D eigenvalue weighted by Crippen LogP contribution is -1.86. The summed E-state index contributed by atoms with van der Waals surface area (Å²) in [7, 11) is 0. The highest BCUT2D eigenvalue weighted by atomic mass is 14.0. The highest BCUT2D eigenvalue weighted by molar-refractivity contribution is 5.69. The van der Waals surface area contributed by atoms with Gasteiger partial charge in [0.1, 0.15) is 0 Å². The fourth-order valence-corrected chi connectivity index (χ4v) is 4.18. The monoisotopic (exact) mass is 516 g/mol. The lowest BCUT2D eigenvalue weighted by atomic mass is 10.1. The molecule has 0 amide bonds. The van der Waals surface area contributed by atoms with Gasteiger partial charge in [-0.25, -0.2) is 0 Å². The van der Waals surface area contributed by atoms with Crippen LogP contribution >= 0.6 is 0 Å². The van der Waals surface area contributed by atoms with Gasteiger partial charge in [-0.3, -0.25) is 0 Å². The van der Waals surface area contributed by atoms with Crippen LogP contribution < -0.4 is 0 Å². The predicted octanol–water partition coefficient (Wildman–Crippen LogP) is 10.8. The minimum absolute atomic E-state index is 0. The molecule has 39 heavy (non-hydrogen) atoms. The molecule has 0 N–H and O–H groups in total. The van der Waals surface area contributed by atoms with Gasteiger partial charge < -0.3 is 0 Å². The maximum atomic E-state index is 2.27. The fraction of sp³-hybridized carbons (Fsp3) is 0.282. The van der Waals surface area contributed by atoms with Crippen molar-refractivity contribution in [3.63, 3.8) is 0 Å². The standard InChI is InChI=1S/C20H24.C18H20.CH4/c1-3-17-9-13-19(14-10-17)7-5-6-8-20-15-11-18(4-2)12-16-20;1-3-15-5-9-17(10-6-15)13-14-18-11-7-16(4-2)8-12-18;/h5-6,9-16H,3-4,7-8H2,1-2H3;5-14H,3-4H2,1-2H3;1H4. The molecular weight excluding hydrogens is 468 g/mol. The summed E-state index contributed by atoms with van der Waals surface area (Å²) >= 11 is 0. The molecule has 4 aromatic rings. The van der Waals surface area contributed by atoms with Crippen LogP contribution in [0.5, 0.6) is 0 Å². The number of aryl methyl sites for hydroxylation is 4. The van der Waals surface area contributed by atoms with E-state index in [-0.39, 0.29) is 7.43 Å². The zero-order valence-electron chi connectivity index (χ0n) is 23.8. The summed E-state index contributed by atoms with van der Waals surface area (Å²) < 4.78 is 0. The van der Waals surface area contributed by atoms with Crippen molar-refractivity contribution in [1.29, 1.82) is 0 Å². The van der Waals surface area contributed by atoms with Crippen LogP contribution in [-0.4, -0.2) is 0 Å². The van der Waals surface area contributed by atoms with Crippen LogP contribution in [0.4, 0.5) is 0 Å². The van der Waals surface area contributed by atoms with Gasteiger partial charge in [-0.15, -0.1) is 0 Å². The van der Waals surface area contributed by atoms with E-state index in [1.807, 2.05) is 0 Å². The summed E-state index contributed by atoms with van der Waals surface area (Å²) in [5.74, 6) is 0. The third-order valence-electron chi connectivity index (χ3n) is 6.98. The normalized spacial score (nSPS) is 10.8.